The summed E-state index contributed by atoms with van der Waals surface area (Å²) in [5.74, 6) is -2.48. The molecule has 0 aliphatic heterocycles. The highest BCUT2D eigenvalue weighted by Gasteiger charge is 2.17. The van der Waals surface area contributed by atoms with Crippen LogP contribution in [0.15, 0.2) is 35.2 Å². The quantitative estimate of drug-likeness (QED) is 0.943. The van der Waals surface area contributed by atoms with Crippen molar-refractivity contribution in [3.05, 3.63) is 47.1 Å². The lowest BCUT2D eigenvalue weighted by Crippen LogP contribution is -2.14. The summed E-state index contributed by atoms with van der Waals surface area (Å²) in [5.41, 5.74) is 0. The van der Waals surface area contributed by atoms with E-state index in [0.717, 1.165) is 12.1 Å². The fraction of sp³-hybridized carbons (Fsp3) is 0. The lowest BCUT2D eigenvalue weighted by Gasteiger charge is -2.06. The van der Waals surface area contributed by atoms with Gasteiger partial charge in [0.25, 0.3) is 10.0 Å². The summed E-state index contributed by atoms with van der Waals surface area (Å²) in [6.07, 6.45) is 0. The number of benzene rings is 1. The van der Waals surface area contributed by atoms with Gasteiger partial charge in [-0.2, -0.15) is 0 Å². The predicted molar refractivity (Wildman–Crippen MR) is 64.2 cm³/mol. The number of nitrogens with one attached hydrogen (secondary N) is 1. The van der Waals surface area contributed by atoms with Crippen LogP contribution in [0.1, 0.15) is 0 Å². The lowest BCUT2D eigenvalue weighted by molar-refractivity contribution is 0.504. The van der Waals surface area contributed by atoms with Gasteiger partial charge < -0.3 is 0 Å². The molecule has 1 aromatic heterocycles. The van der Waals surface area contributed by atoms with Crippen LogP contribution in [0.4, 0.5) is 14.6 Å². The molecule has 0 aliphatic carbocycles. The van der Waals surface area contributed by atoms with Crippen molar-refractivity contribution in [3.8, 4) is 0 Å². The Morgan fingerprint density at radius 3 is 2.37 bits per heavy atom. The van der Waals surface area contributed by atoms with Crippen LogP contribution in [0.5, 0.6) is 0 Å². The van der Waals surface area contributed by atoms with Crippen LogP contribution in [0, 0.1) is 11.6 Å². The summed E-state index contributed by atoms with van der Waals surface area (Å²) in [4.78, 5) is -0.428. The monoisotopic (exact) mass is 305 g/mol. The number of halogens is 3. The first kappa shape index (κ1) is 13.6. The van der Waals surface area contributed by atoms with E-state index in [0.29, 0.717) is 6.07 Å². The number of anilines is 1. The maximum Gasteiger partial charge on any atom is 0.263 e. The summed E-state index contributed by atoms with van der Waals surface area (Å²) in [5, 5.41) is 7.03. The molecular weight excluding hydrogens is 300 g/mol. The fourth-order valence-electron chi connectivity index (χ4n) is 1.21. The van der Waals surface area contributed by atoms with Gasteiger partial charge in [0.05, 0.1) is 4.90 Å². The molecule has 0 saturated heterocycles. The maximum absolute atomic E-state index is 13.0. The van der Waals surface area contributed by atoms with Gasteiger partial charge >= 0.3 is 0 Å². The van der Waals surface area contributed by atoms with Crippen molar-refractivity contribution in [1.82, 2.24) is 10.2 Å². The highest BCUT2D eigenvalue weighted by Crippen LogP contribution is 2.17. The molecule has 100 valence electrons. The molecule has 0 unspecified atom stereocenters. The van der Waals surface area contributed by atoms with Gasteiger partial charge in [-0.15, -0.1) is 10.2 Å². The largest absolute Gasteiger partial charge is 0.263 e. The van der Waals surface area contributed by atoms with Crippen LogP contribution < -0.4 is 4.72 Å². The number of rotatable bonds is 3. The Hall–Kier alpha value is -1.80. The molecule has 2 aromatic rings. The summed E-state index contributed by atoms with van der Waals surface area (Å²) < 4.78 is 51.5. The van der Waals surface area contributed by atoms with Gasteiger partial charge in [-0.05, 0) is 30.3 Å². The standard InChI is InChI=1S/C10H6ClF2N3O2S/c11-9-3-4-10(15-14-9)16-19(17,18)6-1-2-7(12)8(13)5-6/h1-5H,(H,15,16). The topological polar surface area (TPSA) is 72.0 Å². The molecule has 2 rings (SSSR count). The lowest BCUT2D eigenvalue weighted by atomic mass is 10.3. The number of hydrogen-bond donors (Lipinski definition) is 1. The predicted octanol–water partition coefficient (Wildman–Crippen LogP) is 2.21. The van der Waals surface area contributed by atoms with E-state index in [1.165, 1.54) is 12.1 Å². The second-order valence-electron chi connectivity index (χ2n) is 3.42. The van der Waals surface area contributed by atoms with Crippen LogP contribution in [-0.4, -0.2) is 18.6 Å². The molecule has 0 amide bonds. The van der Waals surface area contributed by atoms with Gasteiger partial charge in [-0.3, -0.25) is 4.72 Å². The zero-order valence-electron chi connectivity index (χ0n) is 9.14. The maximum atomic E-state index is 13.0. The van der Waals surface area contributed by atoms with Crippen LogP contribution in [0.3, 0.4) is 0 Å². The van der Waals surface area contributed by atoms with Crippen LogP contribution in [0.25, 0.3) is 0 Å². The average Bonchev–Trinajstić information content (AvgIpc) is 2.35. The molecule has 0 fully saturated rings. The van der Waals surface area contributed by atoms with E-state index in [2.05, 4.69) is 14.9 Å². The third kappa shape index (κ3) is 3.15. The molecule has 0 aliphatic rings. The number of sulfonamides is 1. The molecule has 0 atom stereocenters. The third-order valence-corrected chi connectivity index (χ3v) is 3.63. The van der Waals surface area contributed by atoms with E-state index in [9.17, 15) is 17.2 Å². The summed E-state index contributed by atoms with van der Waals surface area (Å²) in [6.45, 7) is 0. The van der Waals surface area contributed by atoms with Crippen molar-refractivity contribution < 1.29 is 17.2 Å². The molecule has 1 N–H and O–H groups in total. The molecule has 5 nitrogen and oxygen atoms in total. The average molecular weight is 306 g/mol. The SMILES string of the molecule is O=S(=O)(Nc1ccc(Cl)nn1)c1ccc(F)c(F)c1. The van der Waals surface area contributed by atoms with E-state index in [1.807, 2.05) is 0 Å². The van der Waals surface area contributed by atoms with E-state index in [1.54, 1.807) is 0 Å². The van der Waals surface area contributed by atoms with E-state index < -0.39 is 26.6 Å². The van der Waals surface area contributed by atoms with Gasteiger partial charge in [-0.25, -0.2) is 17.2 Å². The molecule has 1 heterocycles. The van der Waals surface area contributed by atoms with E-state index in [-0.39, 0.29) is 11.0 Å². The Morgan fingerprint density at radius 2 is 1.79 bits per heavy atom. The van der Waals surface area contributed by atoms with E-state index in [4.69, 9.17) is 11.6 Å². The van der Waals surface area contributed by atoms with Crippen molar-refractivity contribution >= 4 is 27.4 Å². The molecular formula is C10H6ClF2N3O2S. The Morgan fingerprint density at radius 1 is 1.05 bits per heavy atom. The number of aromatic nitrogens is 2. The van der Waals surface area contributed by atoms with Crippen molar-refractivity contribution in [2.45, 2.75) is 4.90 Å². The van der Waals surface area contributed by atoms with Gasteiger partial charge in [0.1, 0.15) is 0 Å². The van der Waals surface area contributed by atoms with Gasteiger partial charge in [-0.1, -0.05) is 11.6 Å². The summed E-state index contributed by atoms with van der Waals surface area (Å²) >= 11 is 5.50. The Labute approximate surface area is 112 Å². The number of hydrogen-bond acceptors (Lipinski definition) is 4. The minimum absolute atomic E-state index is 0.0888. The normalized spacial score (nSPS) is 11.3. The van der Waals surface area contributed by atoms with Crippen molar-refractivity contribution in [2.24, 2.45) is 0 Å². The Bertz CT molecular complexity index is 707. The fourth-order valence-corrected chi connectivity index (χ4v) is 2.32. The molecule has 19 heavy (non-hydrogen) atoms. The van der Waals surface area contributed by atoms with Crippen molar-refractivity contribution in [1.29, 1.82) is 0 Å². The smallest absolute Gasteiger partial charge is 0.262 e. The molecule has 0 spiro atoms. The minimum Gasteiger partial charge on any atom is -0.262 e. The van der Waals surface area contributed by atoms with Gasteiger partial charge in [0, 0.05) is 0 Å². The highest BCUT2D eigenvalue weighted by atomic mass is 35.5. The van der Waals surface area contributed by atoms with Crippen LogP contribution >= 0.6 is 11.6 Å². The Balaban J connectivity index is 2.32. The zero-order chi connectivity index (χ0) is 14.0. The third-order valence-electron chi connectivity index (χ3n) is 2.07. The summed E-state index contributed by atoms with van der Waals surface area (Å²) in [6, 6.07) is 4.84. The molecule has 1 aromatic carbocycles. The summed E-state index contributed by atoms with van der Waals surface area (Å²) in [7, 11) is -4.07. The van der Waals surface area contributed by atoms with E-state index >= 15 is 0 Å². The second-order valence-corrected chi connectivity index (χ2v) is 5.49. The minimum atomic E-state index is -4.07. The molecule has 9 heteroatoms. The molecule has 0 saturated carbocycles. The van der Waals surface area contributed by atoms with Gasteiger partial charge in [0.15, 0.2) is 22.6 Å². The number of nitrogens with zero attached hydrogens (tertiary/aromatic N) is 2. The van der Waals surface area contributed by atoms with Crippen LogP contribution in [0.2, 0.25) is 5.15 Å². The van der Waals surface area contributed by atoms with Crippen molar-refractivity contribution in [2.75, 3.05) is 4.72 Å². The molecule has 0 radical (unpaired) electrons. The first-order chi connectivity index (χ1) is 8.88. The van der Waals surface area contributed by atoms with Crippen molar-refractivity contribution in [3.63, 3.8) is 0 Å². The molecule has 0 bridgehead atoms. The highest BCUT2D eigenvalue weighted by molar-refractivity contribution is 7.92. The second kappa shape index (κ2) is 5.06. The Kier molecular flexibility index (Phi) is 3.63. The van der Waals surface area contributed by atoms with Gasteiger partial charge in [0.2, 0.25) is 0 Å². The first-order valence-electron chi connectivity index (χ1n) is 4.85. The first-order valence-corrected chi connectivity index (χ1v) is 6.72. The zero-order valence-corrected chi connectivity index (χ0v) is 10.7. The van der Waals surface area contributed by atoms with Crippen LogP contribution in [-0.2, 0) is 10.0 Å².